The van der Waals surface area contributed by atoms with E-state index in [-0.39, 0.29) is 12.3 Å². The molecule has 1 unspecified atom stereocenters. The van der Waals surface area contributed by atoms with E-state index in [2.05, 4.69) is 4.90 Å². The Morgan fingerprint density at radius 3 is 2.25 bits per heavy atom. The molecule has 0 aromatic rings. The van der Waals surface area contributed by atoms with Crippen molar-refractivity contribution in [1.82, 2.24) is 4.90 Å². The molecular weight excluding hydrogens is 160 g/mol. The van der Waals surface area contributed by atoms with Crippen LogP contribution in [0.15, 0.2) is 0 Å². The number of alkyl halides is 2. The Kier molecular flexibility index (Phi) is 2.07. The molecule has 2 fully saturated rings. The molecule has 3 heteroatoms. The molecule has 1 heterocycles. The number of halogens is 2. The Morgan fingerprint density at radius 1 is 1.17 bits per heavy atom. The second-order valence-corrected chi connectivity index (χ2v) is 4.02. The van der Waals surface area contributed by atoms with E-state index in [0.29, 0.717) is 6.54 Å². The summed E-state index contributed by atoms with van der Waals surface area (Å²) in [6, 6.07) is 0. The summed E-state index contributed by atoms with van der Waals surface area (Å²) in [5, 5.41) is 0. The van der Waals surface area contributed by atoms with Gasteiger partial charge in [-0.05, 0) is 25.9 Å². The molecule has 1 saturated heterocycles. The fourth-order valence-corrected chi connectivity index (χ4v) is 1.92. The fourth-order valence-electron chi connectivity index (χ4n) is 1.92. The molecule has 0 amide bonds. The number of hydrogen-bond acceptors (Lipinski definition) is 1. The fraction of sp³-hybridized carbons (Fsp3) is 1.00. The first-order valence-corrected chi connectivity index (χ1v) is 4.79. The van der Waals surface area contributed by atoms with E-state index >= 15 is 0 Å². The van der Waals surface area contributed by atoms with E-state index in [1.165, 1.54) is 19.3 Å². The lowest BCUT2D eigenvalue weighted by Crippen LogP contribution is -2.32. The average molecular weight is 175 g/mol. The summed E-state index contributed by atoms with van der Waals surface area (Å²) in [6.45, 7) is 2.70. The van der Waals surface area contributed by atoms with Crippen LogP contribution < -0.4 is 0 Å². The number of likely N-dealkylation sites (tertiary alicyclic amines) is 1. The van der Waals surface area contributed by atoms with Gasteiger partial charge in [-0.3, -0.25) is 0 Å². The molecule has 1 saturated carbocycles. The first-order chi connectivity index (χ1) is 5.68. The Labute approximate surface area is 71.7 Å². The molecule has 0 spiro atoms. The van der Waals surface area contributed by atoms with Gasteiger partial charge in [0.25, 0.3) is 5.92 Å². The van der Waals surface area contributed by atoms with Gasteiger partial charge in [-0.25, -0.2) is 8.78 Å². The molecule has 70 valence electrons. The average Bonchev–Trinajstić information content (AvgIpc) is 2.61. The normalized spacial score (nSPS) is 35.0. The molecule has 1 aliphatic heterocycles. The topological polar surface area (TPSA) is 3.24 Å². The van der Waals surface area contributed by atoms with Gasteiger partial charge in [0.15, 0.2) is 0 Å². The van der Waals surface area contributed by atoms with Crippen LogP contribution in [0.1, 0.15) is 25.7 Å². The van der Waals surface area contributed by atoms with Gasteiger partial charge in [0.1, 0.15) is 0 Å². The van der Waals surface area contributed by atoms with Crippen LogP contribution in [0.25, 0.3) is 0 Å². The van der Waals surface area contributed by atoms with Crippen molar-refractivity contribution in [2.45, 2.75) is 31.6 Å². The largest absolute Gasteiger partial charge is 0.303 e. The monoisotopic (exact) mass is 175 g/mol. The molecule has 12 heavy (non-hydrogen) atoms. The van der Waals surface area contributed by atoms with Gasteiger partial charge in [0.05, 0.1) is 0 Å². The standard InChI is InChI=1S/C9H15F2N/c10-9(11)6-8(9)7-12-4-2-1-3-5-12/h8H,1-7H2. The molecule has 2 aliphatic rings. The maximum Gasteiger partial charge on any atom is 0.252 e. The number of piperidine rings is 1. The van der Waals surface area contributed by atoms with Crippen molar-refractivity contribution in [3.8, 4) is 0 Å². The Balaban J connectivity index is 1.73. The predicted octanol–water partition coefficient (Wildman–Crippen LogP) is 2.13. The zero-order valence-electron chi connectivity index (χ0n) is 7.23. The zero-order valence-corrected chi connectivity index (χ0v) is 7.23. The highest BCUT2D eigenvalue weighted by Gasteiger charge is 2.56. The third-order valence-electron chi connectivity index (χ3n) is 2.88. The lowest BCUT2D eigenvalue weighted by molar-refractivity contribution is 0.0843. The molecule has 0 aromatic carbocycles. The quantitative estimate of drug-likeness (QED) is 0.621. The zero-order chi connectivity index (χ0) is 8.60. The first-order valence-electron chi connectivity index (χ1n) is 4.79. The maximum absolute atomic E-state index is 12.5. The van der Waals surface area contributed by atoms with Gasteiger partial charge < -0.3 is 4.90 Å². The molecule has 1 atom stereocenters. The van der Waals surface area contributed by atoms with Crippen LogP contribution in [0.3, 0.4) is 0 Å². The van der Waals surface area contributed by atoms with Crippen molar-refractivity contribution in [2.24, 2.45) is 5.92 Å². The second kappa shape index (κ2) is 2.95. The molecule has 2 rings (SSSR count). The molecule has 0 aromatic heterocycles. The summed E-state index contributed by atoms with van der Waals surface area (Å²) < 4.78 is 25.0. The van der Waals surface area contributed by atoms with Crippen molar-refractivity contribution in [1.29, 1.82) is 0 Å². The minimum atomic E-state index is -2.32. The maximum atomic E-state index is 12.5. The SMILES string of the molecule is FC1(F)CC1CN1CCCCC1. The minimum Gasteiger partial charge on any atom is -0.303 e. The summed E-state index contributed by atoms with van der Waals surface area (Å²) in [5.41, 5.74) is 0. The van der Waals surface area contributed by atoms with Crippen LogP contribution in [-0.4, -0.2) is 30.5 Å². The smallest absolute Gasteiger partial charge is 0.252 e. The third-order valence-corrected chi connectivity index (χ3v) is 2.88. The minimum absolute atomic E-state index is 0.128. The van der Waals surface area contributed by atoms with E-state index in [9.17, 15) is 8.78 Å². The van der Waals surface area contributed by atoms with E-state index < -0.39 is 5.92 Å². The van der Waals surface area contributed by atoms with Crippen LogP contribution in [-0.2, 0) is 0 Å². The van der Waals surface area contributed by atoms with E-state index in [1.54, 1.807) is 0 Å². The van der Waals surface area contributed by atoms with E-state index in [4.69, 9.17) is 0 Å². The number of hydrogen-bond donors (Lipinski definition) is 0. The van der Waals surface area contributed by atoms with Crippen molar-refractivity contribution in [3.05, 3.63) is 0 Å². The first kappa shape index (κ1) is 8.42. The summed E-state index contributed by atoms with van der Waals surface area (Å²) >= 11 is 0. The Morgan fingerprint density at radius 2 is 1.75 bits per heavy atom. The molecule has 0 bridgehead atoms. The van der Waals surface area contributed by atoms with Crippen LogP contribution in [0.4, 0.5) is 8.78 Å². The van der Waals surface area contributed by atoms with Gasteiger partial charge in [-0.2, -0.15) is 0 Å². The van der Waals surface area contributed by atoms with E-state index in [1.807, 2.05) is 0 Å². The van der Waals surface area contributed by atoms with Gasteiger partial charge in [-0.1, -0.05) is 6.42 Å². The van der Waals surface area contributed by atoms with Crippen molar-refractivity contribution in [3.63, 3.8) is 0 Å². The Bertz CT molecular complexity index is 164. The molecule has 0 N–H and O–H groups in total. The van der Waals surface area contributed by atoms with Crippen molar-refractivity contribution >= 4 is 0 Å². The number of nitrogens with zero attached hydrogens (tertiary/aromatic N) is 1. The van der Waals surface area contributed by atoms with Gasteiger partial charge in [0.2, 0.25) is 0 Å². The highest BCUT2D eigenvalue weighted by molar-refractivity contribution is 4.96. The van der Waals surface area contributed by atoms with Crippen LogP contribution in [0, 0.1) is 5.92 Å². The summed E-state index contributed by atoms with van der Waals surface area (Å²) in [7, 11) is 0. The lowest BCUT2D eigenvalue weighted by atomic mass is 10.1. The third kappa shape index (κ3) is 1.76. The highest BCUT2D eigenvalue weighted by atomic mass is 19.3. The van der Waals surface area contributed by atoms with Gasteiger partial charge in [-0.15, -0.1) is 0 Å². The Hall–Kier alpha value is -0.180. The molecule has 0 radical (unpaired) electrons. The molecule has 1 nitrogen and oxygen atoms in total. The van der Waals surface area contributed by atoms with Crippen LogP contribution >= 0.6 is 0 Å². The van der Waals surface area contributed by atoms with Crippen LogP contribution in [0.5, 0.6) is 0 Å². The molecular formula is C9H15F2N. The van der Waals surface area contributed by atoms with Gasteiger partial charge >= 0.3 is 0 Å². The van der Waals surface area contributed by atoms with E-state index in [0.717, 1.165) is 13.1 Å². The summed E-state index contributed by atoms with van der Waals surface area (Å²) in [6.07, 6.45) is 3.79. The summed E-state index contributed by atoms with van der Waals surface area (Å²) in [4.78, 5) is 2.19. The predicted molar refractivity (Wildman–Crippen MR) is 43.3 cm³/mol. The lowest BCUT2D eigenvalue weighted by Gasteiger charge is -2.26. The summed E-state index contributed by atoms with van der Waals surface area (Å²) in [5.74, 6) is -2.65. The van der Waals surface area contributed by atoms with Gasteiger partial charge in [0, 0.05) is 18.9 Å². The van der Waals surface area contributed by atoms with Crippen LogP contribution in [0.2, 0.25) is 0 Å². The second-order valence-electron chi connectivity index (χ2n) is 4.02. The van der Waals surface area contributed by atoms with Crippen molar-refractivity contribution in [2.75, 3.05) is 19.6 Å². The highest BCUT2D eigenvalue weighted by Crippen LogP contribution is 2.48. The number of rotatable bonds is 2. The molecule has 1 aliphatic carbocycles. The van der Waals surface area contributed by atoms with Crippen molar-refractivity contribution < 1.29 is 8.78 Å².